The van der Waals surface area contributed by atoms with Crippen molar-refractivity contribution < 1.29 is 28.8 Å². The second kappa shape index (κ2) is 10.2. The molecule has 0 aliphatic heterocycles. The first-order valence-electron chi connectivity index (χ1n) is 8.57. The molecule has 28 heavy (non-hydrogen) atoms. The average Bonchev–Trinajstić information content (AvgIpc) is 2.64. The molecule has 0 saturated carbocycles. The Morgan fingerprint density at radius 2 is 1.82 bits per heavy atom. The first kappa shape index (κ1) is 22.9. The summed E-state index contributed by atoms with van der Waals surface area (Å²) in [5.41, 5.74) is 0.178. The van der Waals surface area contributed by atoms with Gasteiger partial charge in [0, 0.05) is 31.0 Å². The Bertz CT molecular complexity index is 749. The number of nitro benzene ring substituents is 1. The molecule has 0 radical (unpaired) electrons. The number of ether oxygens (including phenoxy) is 2. The van der Waals surface area contributed by atoms with E-state index in [1.165, 1.54) is 39.3 Å². The van der Waals surface area contributed by atoms with Crippen LogP contribution in [0.3, 0.4) is 0 Å². The van der Waals surface area contributed by atoms with Crippen molar-refractivity contribution in [2.75, 3.05) is 14.2 Å². The number of rotatable bonds is 9. The molecule has 1 aromatic carbocycles. The molecule has 10 nitrogen and oxygen atoms in total. The smallest absolute Gasteiger partial charge is 0.328 e. The first-order valence-corrected chi connectivity index (χ1v) is 8.57. The molecule has 0 spiro atoms. The Morgan fingerprint density at radius 1 is 1.18 bits per heavy atom. The van der Waals surface area contributed by atoms with Crippen molar-refractivity contribution in [3.8, 4) is 5.75 Å². The molecule has 1 aromatic rings. The molecule has 10 heteroatoms. The van der Waals surface area contributed by atoms with Crippen molar-refractivity contribution >= 4 is 23.5 Å². The zero-order valence-electron chi connectivity index (χ0n) is 16.5. The van der Waals surface area contributed by atoms with Gasteiger partial charge in [-0.25, -0.2) is 4.79 Å². The van der Waals surface area contributed by atoms with Gasteiger partial charge in [-0.3, -0.25) is 19.7 Å². The maximum absolute atomic E-state index is 12.6. The molecular weight excluding hydrogens is 370 g/mol. The summed E-state index contributed by atoms with van der Waals surface area (Å²) in [7, 11) is 2.56. The molecule has 0 aliphatic carbocycles. The van der Waals surface area contributed by atoms with Crippen LogP contribution in [0.15, 0.2) is 18.2 Å². The monoisotopic (exact) mass is 395 g/mol. The number of nitrogens with one attached hydrogen (secondary N) is 2. The van der Waals surface area contributed by atoms with Gasteiger partial charge in [-0.15, -0.1) is 0 Å². The highest BCUT2D eigenvalue weighted by Crippen LogP contribution is 2.25. The van der Waals surface area contributed by atoms with Crippen molar-refractivity contribution in [1.29, 1.82) is 0 Å². The van der Waals surface area contributed by atoms with Gasteiger partial charge in [0.2, 0.25) is 11.8 Å². The number of hydrogen-bond acceptors (Lipinski definition) is 7. The third-order valence-electron chi connectivity index (χ3n) is 4.01. The Labute approximate surface area is 162 Å². The third kappa shape index (κ3) is 6.22. The topological polar surface area (TPSA) is 137 Å². The van der Waals surface area contributed by atoms with E-state index in [2.05, 4.69) is 10.6 Å². The molecule has 0 aliphatic rings. The number of nitro groups is 1. The largest absolute Gasteiger partial charge is 0.496 e. The van der Waals surface area contributed by atoms with E-state index in [0.717, 1.165) is 0 Å². The van der Waals surface area contributed by atoms with E-state index in [0.29, 0.717) is 11.3 Å². The van der Waals surface area contributed by atoms with Crippen molar-refractivity contribution in [2.24, 2.45) is 5.92 Å². The van der Waals surface area contributed by atoms with Crippen molar-refractivity contribution in [2.45, 2.75) is 39.3 Å². The summed E-state index contributed by atoms with van der Waals surface area (Å²) in [5.74, 6) is -1.58. The van der Waals surface area contributed by atoms with Crippen LogP contribution >= 0.6 is 0 Å². The Hall–Kier alpha value is -3.17. The number of methoxy groups -OCH3 is 2. The highest BCUT2D eigenvalue weighted by Gasteiger charge is 2.29. The Morgan fingerprint density at radius 3 is 2.29 bits per heavy atom. The fraction of sp³-hybridized carbons (Fsp3) is 0.500. The summed E-state index contributed by atoms with van der Waals surface area (Å²) in [5, 5.41) is 16.1. The summed E-state index contributed by atoms with van der Waals surface area (Å²) >= 11 is 0. The predicted molar refractivity (Wildman–Crippen MR) is 99.7 cm³/mol. The minimum absolute atomic E-state index is 0.0891. The highest BCUT2D eigenvalue weighted by molar-refractivity contribution is 5.90. The zero-order chi connectivity index (χ0) is 21.4. The third-order valence-corrected chi connectivity index (χ3v) is 4.01. The minimum atomic E-state index is -1.12. The molecule has 2 N–H and O–H groups in total. The lowest BCUT2D eigenvalue weighted by atomic mass is 10.0. The van der Waals surface area contributed by atoms with E-state index in [9.17, 15) is 24.5 Å². The van der Waals surface area contributed by atoms with Gasteiger partial charge in [-0.1, -0.05) is 13.8 Å². The molecule has 0 unspecified atom stereocenters. The second-order valence-electron chi connectivity index (χ2n) is 6.46. The predicted octanol–water partition coefficient (Wildman–Crippen LogP) is 0.964. The Balaban J connectivity index is 3.15. The highest BCUT2D eigenvalue weighted by atomic mass is 16.6. The van der Waals surface area contributed by atoms with Gasteiger partial charge in [0.15, 0.2) is 0 Å². The summed E-state index contributed by atoms with van der Waals surface area (Å²) in [4.78, 5) is 46.6. The van der Waals surface area contributed by atoms with E-state index in [1.807, 2.05) is 0 Å². The van der Waals surface area contributed by atoms with Crippen molar-refractivity contribution in [3.63, 3.8) is 0 Å². The minimum Gasteiger partial charge on any atom is -0.496 e. The van der Waals surface area contributed by atoms with Gasteiger partial charge in [0.05, 0.1) is 19.1 Å². The van der Waals surface area contributed by atoms with Crippen LogP contribution < -0.4 is 15.4 Å². The van der Waals surface area contributed by atoms with Gasteiger partial charge >= 0.3 is 5.97 Å². The van der Waals surface area contributed by atoms with E-state index in [4.69, 9.17) is 9.47 Å². The second-order valence-corrected chi connectivity index (χ2v) is 6.46. The SMILES string of the molecule is COC(=O)[C@@H](Cc1cc([N+](=O)[O-])ccc1OC)NC(=O)[C@H](NC(C)=O)C(C)C. The number of non-ortho nitro benzene ring substituents is 1. The maximum Gasteiger partial charge on any atom is 0.328 e. The number of amides is 2. The fourth-order valence-electron chi connectivity index (χ4n) is 2.61. The van der Waals surface area contributed by atoms with Crippen LogP contribution in [0.1, 0.15) is 26.3 Å². The average molecular weight is 395 g/mol. The molecule has 2 atom stereocenters. The van der Waals surface area contributed by atoms with Crippen LogP contribution in [-0.4, -0.2) is 49.0 Å². The number of carbonyl (C=O) groups is 3. The number of hydrogen-bond donors (Lipinski definition) is 2. The zero-order valence-corrected chi connectivity index (χ0v) is 16.5. The summed E-state index contributed by atoms with van der Waals surface area (Å²) in [6, 6.07) is 1.99. The lowest BCUT2D eigenvalue weighted by molar-refractivity contribution is -0.384. The molecule has 0 bridgehead atoms. The fourth-order valence-corrected chi connectivity index (χ4v) is 2.61. The lowest BCUT2D eigenvalue weighted by Crippen LogP contribution is -2.54. The molecule has 154 valence electrons. The number of nitrogens with zero attached hydrogens (tertiary/aromatic N) is 1. The summed E-state index contributed by atoms with van der Waals surface area (Å²) in [6.45, 7) is 4.78. The van der Waals surface area contributed by atoms with Gasteiger partial charge < -0.3 is 20.1 Å². The quantitative estimate of drug-likeness (QED) is 0.361. The van der Waals surface area contributed by atoms with E-state index < -0.39 is 28.9 Å². The summed E-state index contributed by atoms with van der Waals surface area (Å²) < 4.78 is 9.94. The molecular formula is C18H25N3O7. The van der Waals surface area contributed by atoms with Crippen molar-refractivity contribution in [1.82, 2.24) is 10.6 Å². The molecule has 0 aromatic heterocycles. The molecule has 0 saturated heterocycles. The van der Waals surface area contributed by atoms with E-state index >= 15 is 0 Å². The molecule has 2 amide bonds. The van der Waals surface area contributed by atoms with Crippen LogP contribution in [0.5, 0.6) is 5.75 Å². The van der Waals surface area contributed by atoms with Crippen LogP contribution in [0.4, 0.5) is 5.69 Å². The number of carbonyl (C=O) groups excluding carboxylic acids is 3. The summed E-state index contributed by atoms with van der Waals surface area (Å²) in [6.07, 6.45) is -0.0891. The van der Waals surface area contributed by atoms with E-state index in [1.54, 1.807) is 13.8 Å². The molecule has 0 fully saturated rings. The molecule has 1 rings (SSSR count). The van der Waals surface area contributed by atoms with Crippen LogP contribution in [0.2, 0.25) is 0 Å². The van der Waals surface area contributed by atoms with Gasteiger partial charge in [0.25, 0.3) is 5.69 Å². The molecule has 0 heterocycles. The standard InChI is InChI=1S/C18H25N3O7/c1-10(2)16(19-11(3)22)17(23)20-14(18(24)28-5)9-12-8-13(21(25)26)6-7-15(12)27-4/h6-8,10,14,16H,9H2,1-5H3,(H,19,22)(H,20,23)/t14-,16-/m1/s1. The van der Waals surface area contributed by atoms with Gasteiger partial charge in [0.1, 0.15) is 17.8 Å². The Kier molecular flexibility index (Phi) is 8.36. The van der Waals surface area contributed by atoms with Crippen LogP contribution in [-0.2, 0) is 25.5 Å². The van der Waals surface area contributed by atoms with Crippen LogP contribution in [0.25, 0.3) is 0 Å². The van der Waals surface area contributed by atoms with Gasteiger partial charge in [-0.2, -0.15) is 0 Å². The number of benzene rings is 1. The normalized spacial score (nSPS) is 12.6. The van der Waals surface area contributed by atoms with E-state index in [-0.39, 0.29) is 23.9 Å². The maximum atomic E-state index is 12.6. The number of esters is 1. The lowest BCUT2D eigenvalue weighted by Gasteiger charge is -2.24. The first-order chi connectivity index (χ1) is 13.1. The van der Waals surface area contributed by atoms with Crippen molar-refractivity contribution in [3.05, 3.63) is 33.9 Å². The van der Waals surface area contributed by atoms with Gasteiger partial charge in [-0.05, 0) is 12.0 Å². The van der Waals surface area contributed by atoms with Crippen LogP contribution in [0, 0.1) is 16.0 Å².